The van der Waals surface area contributed by atoms with Crippen molar-refractivity contribution in [3.63, 3.8) is 0 Å². The van der Waals surface area contributed by atoms with Crippen molar-refractivity contribution in [1.29, 1.82) is 0 Å². The molecular weight excluding hydrogens is 202 g/mol. The van der Waals surface area contributed by atoms with E-state index in [1.165, 1.54) is 4.31 Å². The van der Waals surface area contributed by atoms with E-state index in [0.717, 1.165) is 0 Å². The third-order valence-corrected chi connectivity index (χ3v) is 4.29. The quantitative estimate of drug-likeness (QED) is 0.649. The summed E-state index contributed by atoms with van der Waals surface area (Å²) >= 11 is 0. The molecule has 0 rings (SSSR count). The van der Waals surface area contributed by atoms with Crippen molar-refractivity contribution in [3.8, 4) is 0 Å². The van der Waals surface area contributed by atoms with Crippen molar-refractivity contribution in [2.24, 2.45) is 0 Å². The molecule has 14 heavy (non-hydrogen) atoms. The third kappa shape index (κ3) is 3.94. The predicted octanol–water partition coefficient (Wildman–Crippen LogP) is 1.08. The van der Waals surface area contributed by atoms with Crippen molar-refractivity contribution in [2.45, 2.75) is 33.2 Å². The van der Waals surface area contributed by atoms with Gasteiger partial charge in [-0.05, 0) is 13.3 Å². The molecule has 0 amide bonds. The highest BCUT2D eigenvalue weighted by Gasteiger charge is 2.24. The van der Waals surface area contributed by atoms with E-state index in [4.69, 9.17) is 4.74 Å². The number of hydrogen-bond donors (Lipinski definition) is 0. The minimum Gasteiger partial charge on any atom is -0.383 e. The van der Waals surface area contributed by atoms with Gasteiger partial charge in [0, 0.05) is 19.7 Å². The first-order chi connectivity index (χ1) is 6.49. The number of ether oxygens (including phenoxy) is 1. The maximum atomic E-state index is 11.7. The molecule has 1 unspecified atom stereocenters. The molecule has 1 atom stereocenters. The van der Waals surface area contributed by atoms with Gasteiger partial charge in [0.2, 0.25) is 10.0 Å². The van der Waals surface area contributed by atoms with Crippen LogP contribution < -0.4 is 0 Å². The van der Waals surface area contributed by atoms with Crippen LogP contribution in [0.2, 0.25) is 0 Å². The summed E-state index contributed by atoms with van der Waals surface area (Å²) in [5.41, 5.74) is 0. The van der Waals surface area contributed by atoms with Crippen molar-refractivity contribution in [3.05, 3.63) is 0 Å². The second-order valence-corrected chi connectivity index (χ2v) is 5.36. The Morgan fingerprint density at radius 1 is 1.36 bits per heavy atom. The Balaban J connectivity index is 4.54. The van der Waals surface area contributed by atoms with Crippen LogP contribution in [0.15, 0.2) is 0 Å². The lowest BCUT2D eigenvalue weighted by molar-refractivity contribution is 0.142. The van der Waals surface area contributed by atoms with Gasteiger partial charge in [-0.2, -0.15) is 4.31 Å². The summed E-state index contributed by atoms with van der Waals surface area (Å²) in [5.74, 6) is 0.217. The fraction of sp³-hybridized carbons (Fsp3) is 1.00. The highest BCUT2D eigenvalue weighted by molar-refractivity contribution is 7.89. The molecule has 0 fully saturated rings. The Morgan fingerprint density at radius 2 is 1.93 bits per heavy atom. The predicted molar refractivity (Wildman–Crippen MR) is 57.8 cm³/mol. The van der Waals surface area contributed by atoms with Gasteiger partial charge in [0.25, 0.3) is 0 Å². The summed E-state index contributed by atoms with van der Waals surface area (Å²) in [7, 11) is -1.51. The first-order valence-electron chi connectivity index (χ1n) is 4.98. The summed E-state index contributed by atoms with van der Waals surface area (Å²) in [6, 6.07) is -0.0819. The molecule has 0 heterocycles. The third-order valence-electron chi connectivity index (χ3n) is 2.03. The number of likely N-dealkylation sites (N-methyl/N-ethyl adjacent to an activating group) is 1. The molecular formula is C9H21NO3S. The zero-order valence-electron chi connectivity index (χ0n) is 9.49. The van der Waals surface area contributed by atoms with Crippen LogP contribution in [0.25, 0.3) is 0 Å². The summed E-state index contributed by atoms with van der Waals surface area (Å²) < 4.78 is 30.0. The van der Waals surface area contributed by atoms with E-state index in [0.29, 0.717) is 19.6 Å². The Morgan fingerprint density at radius 3 is 2.29 bits per heavy atom. The lowest BCUT2D eigenvalue weighted by atomic mass is 10.4. The molecule has 0 N–H and O–H groups in total. The molecule has 0 saturated heterocycles. The highest BCUT2D eigenvalue weighted by atomic mass is 32.2. The van der Waals surface area contributed by atoms with E-state index in [-0.39, 0.29) is 11.8 Å². The summed E-state index contributed by atoms with van der Waals surface area (Å²) in [4.78, 5) is 0. The monoisotopic (exact) mass is 223 g/mol. The van der Waals surface area contributed by atoms with Gasteiger partial charge >= 0.3 is 0 Å². The Hall–Kier alpha value is -0.130. The van der Waals surface area contributed by atoms with Crippen LogP contribution >= 0.6 is 0 Å². The minimum absolute atomic E-state index is 0.0819. The van der Waals surface area contributed by atoms with Gasteiger partial charge < -0.3 is 4.74 Å². The van der Waals surface area contributed by atoms with Crippen LogP contribution in [-0.4, -0.2) is 44.8 Å². The second-order valence-electron chi connectivity index (χ2n) is 3.32. The van der Waals surface area contributed by atoms with E-state index in [1.807, 2.05) is 20.8 Å². The molecule has 86 valence electrons. The normalized spacial score (nSPS) is 14.6. The Bertz CT molecular complexity index is 238. The van der Waals surface area contributed by atoms with E-state index >= 15 is 0 Å². The average molecular weight is 223 g/mol. The average Bonchev–Trinajstić information content (AvgIpc) is 2.04. The van der Waals surface area contributed by atoms with E-state index in [9.17, 15) is 8.42 Å². The molecule has 0 spiro atoms. The number of hydrogen-bond acceptors (Lipinski definition) is 3. The fourth-order valence-electron chi connectivity index (χ4n) is 1.48. The Kier molecular flexibility index (Phi) is 6.31. The van der Waals surface area contributed by atoms with Gasteiger partial charge in [-0.15, -0.1) is 0 Å². The van der Waals surface area contributed by atoms with Crippen molar-refractivity contribution < 1.29 is 13.2 Å². The molecule has 0 aliphatic rings. The molecule has 0 bridgehead atoms. The molecule has 0 aromatic carbocycles. The second kappa shape index (κ2) is 6.37. The molecule has 0 aromatic heterocycles. The summed E-state index contributed by atoms with van der Waals surface area (Å²) in [5, 5.41) is 0. The van der Waals surface area contributed by atoms with Gasteiger partial charge in [-0.3, -0.25) is 0 Å². The number of sulfonamides is 1. The smallest absolute Gasteiger partial charge is 0.214 e. The Labute approximate surface area is 87.3 Å². The van der Waals surface area contributed by atoms with Gasteiger partial charge in [-0.1, -0.05) is 13.8 Å². The van der Waals surface area contributed by atoms with Crippen molar-refractivity contribution >= 4 is 10.0 Å². The fourth-order valence-corrected chi connectivity index (χ4v) is 3.24. The standard InChI is InChI=1S/C9H21NO3S/c1-5-7-14(11,12)10(6-2)9(3)8-13-4/h9H,5-8H2,1-4H3. The van der Waals surface area contributed by atoms with Crippen LogP contribution in [0.1, 0.15) is 27.2 Å². The van der Waals surface area contributed by atoms with E-state index in [2.05, 4.69) is 0 Å². The van der Waals surface area contributed by atoms with Crippen LogP contribution in [0.3, 0.4) is 0 Å². The first-order valence-corrected chi connectivity index (χ1v) is 6.58. The van der Waals surface area contributed by atoms with E-state index in [1.54, 1.807) is 7.11 Å². The summed E-state index contributed by atoms with van der Waals surface area (Å²) in [6.07, 6.45) is 0.651. The number of methoxy groups -OCH3 is 1. The molecule has 5 heteroatoms. The van der Waals surface area contributed by atoms with Gasteiger partial charge in [0.15, 0.2) is 0 Å². The zero-order valence-corrected chi connectivity index (χ0v) is 10.3. The zero-order chi connectivity index (χ0) is 11.2. The van der Waals surface area contributed by atoms with Crippen LogP contribution in [0.5, 0.6) is 0 Å². The summed E-state index contributed by atoms with van der Waals surface area (Å²) in [6.45, 7) is 6.52. The van der Waals surface area contributed by atoms with Gasteiger partial charge in [-0.25, -0.2) is 8.42 Å². The van der Waals surface area contributed by atoms with Crippen molar-refractivity contribution in [1.82, 2.24) is 4.31 Å². The molecule has 0 aromatic rings. The minimum atomic E-state index is -3.09. The van der Waals surface area contributed by atoms with Crippen LogP contribution in [0.4, 0.5) is 0 Å². The van der Waals surface area contributed by atoms with E-state index < -0.39 is 10.0 Å². The first kappa shape index (κ1) is 13.9. The molecule has 0 aliphatic carbocycles. The lowest BCUT2D eigenvalue weighted by Gasteiger charge is -2.26. The lowest BCUT2D eigenvalue weighted by Crippen LogP contribution is -2.41. The largest absolute Gasteiger partial charge is 0.383 e. The van der Waals surface area contributed by atoms with Gasteiger partial charge in [0.05, 0.1) is 12.4 Å². The molecule has 0 radical (unpaired) electrons. The molecule has 0 aliphatic heterocycles. The highest BCUT2D eigenvalue weighted by Crippen LogP contribution is 2.08. The SMILES string of the molecule is CCCS(=O)(=O)N(CC)C(C)COC. The molecule has 4 nitrogen and oxygen atoms in total. The van der Waals surface area contributed by atoms with Crippen LogP contribution in [0, 0.1) is 0 Å². The maximum absolute atomic E-state index is 11.7. The number of nitrogens with zero attached hydrogens (tertiary/aromatic N) is 1. The maximum Gasteiger partial charge on any atom is 0.214 e. The molecule has 0 saturated carbocycles. The number of rotatable bonds is 7. The van der Waals surface area contributed by atoms with Crippen molar-refractivity contribution in [2.75, 3.05) is 26.0 Å². The topological polar surface area (TPSA) is 46.6 Å². The van der Waals surface area contributed by atoms with Gasteiger partial charge in [0.1, 0.15) is 0 Å². The van der Waals surface area contributed by atoms with Crippen LogP contribution in [-0.2, 0) is 14.8 Å².